The molecule has 0 atom stereocenters. The van der Waals surface area contributed by atoms with Gasteiger partial charge in [-0.25, -0.2) is 4.39 Å². The SMILES string of the molecule is C=C(Nc1cnccc1NC(=C)C1CC1)c1n[nH]c2ccc(-c3cc(CN4CCCCC4)cc(F)c3C)cc12. The summed E-state index contributed by atoms with van der Waals surface area (Å²) in [6.45, 7) is 13.3. The highest BCUT2D eigenvalue weighted by molar-refractivity contribution is 5.96. The van der Waals surface area contributed by atoms with E-state index in [4.69, 9.17) is 0 Å². The van der Waals surface area contributed by atoms with Gasteiger partial charge in [-0.15, -0.1) is 0 Å². The molecule has 0 amide bonds. The predicted molar refractivity (Wildman–Crippen MR) is 158 cm³/mol. The number of aromatic amines is 1. The summed E-state index contributed by atoms with van der Waals surface area (Å²) in [5, 5.41) is 15.4. The Morgan fingerprint density at radius 1 is 1.05 bits per heavy atom. The van der Waals surface area contributed by atoms with Crippen molar-refractivity contribution in [2.24, 2.45) is 5.92 Å². The number of allylic oxidation sites excluding steroid dienone is 1. The Bertz CT molecular complexity index is 1540. The lowest BCUT2D eigenvalue weighted by Gasteiger charge is -2.26. The Morgan fingerprint density at radius 2 is 1.87 bits per heavy atom. The van der Waals surface area contributed by atoms with Crippen LogP contribution < -0.4 is 10.6 Å². The van der Waals surface area contributed by atoms with Crippen LogP contribution in [0.15, 0.2) is 67.6 Å². The van der Waals surface area contributed by atoms with Crippen molar-refractivity contribution in [3.8, 4) is 11.1 Å². The Hall–Kier alpha value is -3.97. The molecule has 39 heavy (non-hydrogen) atoms. The average molecular weight is 523 g/mol. The molecule has 1 saturated heterocycles. The van der Waals surface area contributed by atoms with Crippen molar-refractivity contribution in [2.45, 2.75) is 45.6 Å². The molecule has 4 aromatic rings. The van der Waals surface area contributed by atoms with Gasteiger partial charge in [-0.2, -0.15) is 5.10 Å². The maximum Gasteiger partial charge on any atom is 0.127 e. The quantitative estimate of drug-likeness (QED) is 0.213. The van der Waals surface area contributed by atoms with E-state index in [1.165, 1.54) is 32.1 Å². The van der Waals surface area contributed by atoms with Crippen molar-refractivity contribution in [1.29, 1.82) is 0 Å². The smallest absolute Gasteiger partial charge is 0.127 e. The molecule has 6 rings (SSSR count). The van der Waals surface area contributed by atoms with Gasteiger partial charge < -0.3 is 10.6 Å². The second-order valence-electron chi connectivity index (χ2n) is 10.9. The molecule has 1 aliphatic carbocycles. The van der Waals surface area contributed by atoms with Gasteiger partial charge in [0, 0.05) is 23.8 Å². The van der Waals surface area contributed by atoms with Crippen molar-refractivity contribution in [3.05, 3.63) is 90.3 Å². The highest BCUT2D eigenvalue weighted by Gasteiger charge is 2.25. The highest BCUT2D eigenvalue weighted by atomic mass is 19.1. The number of piperidine rings is 1. The zero-order chi connectivity index (χ0) is 26.9. The van der Waals surface area contributed by atoms with Gasteiger partial charge in [-0.1, -0.05) is 25.6 Å². The van der Waals surface area contributed by atoms with E-state index >= 15 is 4.39 Å². The second kappa shape index (κ2) is 10.7. The summed E-state index contributed by atoms with van der Waals surface area (Å²) in [4.78, 5) is 6.71. The van der Waals surface area contributed by atoms with Crippen LogP contribution >= 0.6 is 0 Å². The summed E-state index contributed by atoms with van der Waals surface area (Å²) < 4.78 is 15.1. The minimum Gasteiger partial charge on any atom is -0.357 e. The molecule has 2 fully saturated rings. The molecule has 3 heterocycles. The first kappa shape index (κ1) is 25.3. The van der Waals surface area contributed by atoms with Gasteiger partial charge in [-0.3, -0.25) is 15.0 Å². The van der Waals surface area contributed by atoms with E-state index in [-0.39, 0.29) is 5.82 Å². The number of rotatable bonds is 9. The number of aromatic nitrogens is 3. The van der Waals surface area contributed by atoms with Gasteiger partial charge in [0.05, 0.1) is 28.8 Å². The second-order valence-corrected chi connectivity index (χ2v) is 10.9. The lowest BCUT2D eigenvalue weighted by atomic mass is 9.95. The van der Waals surface area contributed by atoms with Crippen LogP contribution in [0.2, 0.25) is 0 Å². The minimum atomic E-state index is -0.164. The van der Waals surface area contributed by atoms with Crippen LogP contribution in [0.1, 0.15) is 48.9 Å². The summed E-state index contributed by atoms with van der Waals surface area (Å²) >= 11 is 0. The maximum atomic E-state index is 15.1. The number of nitrogens with one attached hydrogen (secondary N) is 3. The third-order valence-corrected chi connectivity index (χ3v) is 7.89. The van der Waals surface area contributed by atoms with E-state index in [2.05, 4.69) is 56.0 Å². The number of hydrogen-bond acceptors (Lipinski definition) is 5. The van der Waals surface area contributed by atoms with Crippen molar-refractivity contribution < 1.29 is 4.39 Å². The van der Waals surface area contributed by atoms with Crippen LogP contribution in [0.5, 0.6) is 0 Å². The summed E-state index contributed by atoms with van der Waals surface area (Å²) in [5.74, 6) is 0.372. The number of benzene rings is 2. The van der Waals surface area contributed by atoms with E-state index in [0.29, 0.717) is 22.9 Å². The molecule has 2 aliphatic rings. The van der Waals surface area contributed by atoms with Gasteiger partial charge in [0.2, 0.25) is 0 Å². The van der Waals surface area contributed by atoms with Crippen molar-refractivity contribution in [1.82, 2.24) is 20.1 Å². The lowest BCUT2D eigenvalue weighted by Crippen LogP contribution is -2.29. The summed E-state index contributed by atoms with van der Waals surface area (Å²) in [6, 6.07) is 11.9. The molecular formula is C32H35FN6. The molecule has 0 spiro atoms. The Morgan fingerprint density at radius 3 is 2.67 bits per heavy atom. The number of nitrogens with zero attached hydrogens (tertiary/aromatic N) is 3. The fourth-order valence-electron chi connectivity index (χ4n) is 5.45. The van der Waals surface area contributed by atoms with Gasteiger partial charge in [0.25, 0.3) is 0 Å². The molecule has 2 aromatic heterocycles. The molecule has 3 N–H and O–H groups in total. The van der Waals surface area contributed by atoms with Crippen molar-refractivity contribution >= 4 is 28.0 Å². The molecule has 1 saturated carbocycles. The molecule has 0 radical (unpaired) electrons. The van der Waals surface area contributed by atoms with Crippen LogP contribution in [0, 0.1) is 18.7 Å². The molecule has 0 bridgehead atoms. The lowest BCUT2D eigenvalue weighted by molar-refractivity contribution is 0.220. The number of fused-ring (bicyclic) bond motifs is 1. The zero-order valence-electron chi connectivity index (χ0n) is 22.5. The molecule has 200 valence electrons. The van der Waals surface area contributed by atoms with Gasteiger partial charge in [0.15, 0.2) is 0 Å². The van der Waals surface area contributed by atoms with E-state index in [9.17, 15) is 0 Å². The number of H-pyrrole nitrogens is 1. The van der Waals surface area contributed by atoms with Crippen LogP contribution in [0.25, 0.3) is 27.7 Å². The summed E-state index contributed by atoms with van der Waals surface area (Å²) in [5.41, 5.74) is 8.52. The van der Waals surface area contributed by atoms with Crippen LogP contribution in [-0.2, 0) is 6.54 Å². The van der Waals surface area contributed by atoms with Crippen molar-refractivity contribution in [2.75, 3.05) is 23.7 Å². The van der Waals surface area contributed by atoms with Crippen LogP contribution in [0.4, 0.5) is 15.8 Å². The number of anilines is 2. The number of pyridine rings is 1. The molecule has 1 aliphatic heterocycles. The Labute approximate surface area is 229 Å². The predicted octanol–water partition coefficient (Wildman–Crippen LogP) is 7.48. The molecule has 7 heteroatoms. The van der Waals surface area contributed by atoms with Crippen molar-refractivity contribution in [3.63, 3.8) is 0 Å². The largest absolute Gasteiger partial charge is 0.357 e. The normalized spacial score (nSPS) is 15.8. The highest BCUT2D eigenvalue weighted by Crippen LogP contribution is 2.37. The van der Waals surface area contributed by atoms with Crippen LogP contribution in [0.3, 0.4) is 0 Å². The number of hydrogen-bond donors (Lipinski definition) is 3. The third-order valence-electron chi connectivity index (χ3n) is 7.89. The molecular weight excluding hydrogens is 487 g/mol. The minimum absolute atomic E-state index is 0.164. The van der Waals surface area contributed by atoms with Crippen LogP contribution in [-0.4, -0.2) is 33.2 Å². The molecule has 0 unspecified atom stereocenters. The summed E-state index contributed by atoms with van der Waals surface area (Å²) in [6.07, 6.45) is 9.60. The first-order chi connectivity index (χ1) is 19.0. The van der Waals surface area contributed by atoms with Gasteiger partial charge in [0.1, 0.15) is 11.5 Å². The summed E-state index contributed by atoms with van der Waals surface area (Å²) in [7, 11) is 0. The number of likely N-dealkylation sites (tertiary alicyclic amines) is 1. The molecule has 6 nitrogen and oxygen atoms in total. The topological polar surface area (TPSA) is 68.9 Å². The standard InChI is InChI=1S/C32H35FN6/c1-20-26(15-23(16-28(20)33)19-39-13-5-4-6-14-39)25-9-10-29-27(17-25)32(38-37-29)22(3)36-31-18-34-12-11-30(31)35-21(2)24-7-8-24/h9-12,15-18,24,36H,2-8,13-14,19H2,1H3,(H,34,35)(H,37,38). The molecule has 2 aromatic carbocycles. The monoisotopic (exact) mass is 522 g/mol. The first-order valence-corrected chi connectivity index (χ1v) is 13.8. The Balaban J connectivity index is 1.28. The average Bonchev–Trinajstić information content (AvgIpc) is 3.71. The van der Waals surface area contributed by atoms with E-state index in [1.54, 1.807) is 18.5 Å². The first-order valence-electron chi connectivity index (χ1n) is 13.8. The van der Waals surface area contributed by atoms with E-state index in [0.717, 1.165) is 64.3 Å². The van der Waals surface area contributed by atoms with Gasteiger partial charge in [-0.05, 0) is 104 Å². The van der Waals surface area contributed by atoms with E-state index in [1.807, 2.05) is 25.1 Å². The maximum absolute atomic E-state index is 15.1. The fourth-order valence-corrected chi connectivity index (χ4v) is 5.45. The third kappa shape index (κ3) is 5.45. The zero-order valence-corrected chi connectivity index (χ0v) is 22.5. The fraction of sp³-hybridized carbons (Fsp3) is 0.312. The number of halogens is 1. The van der Waals surface area contributed by atoms with Gasteiger partial charge >= 0.3 is 0 Å². The Kier molecular flexibility index (Phi) is 6.92. The van der Waals surface area contributed by atoms with E-state index < -0.39 is 0 Å².